The number of hydrogen-bond donors (Lipinski definition) is 2. The highest BCUT2D eigenvalue weighted by Crippen LogP contribution is 2.35. The van der Waals surface area contributed by atoms with Crippen LogP contribution in [0.15, 0.2) is 40.8 Å². The van der Waals surface area contributed by atoms with E-state index in [4.69, 9.17) is 19.0 Å². The van der Waals surface area contributed by atoms with Crippen LogP contribution in [-0.4, -0.2) is 43.3 Å². The van der Waals surface area contributed by atoms with Crippen molar-refractivity contribution in [1.82, 2.24) is 5.32 Å². The van der Waals surface area contributed by atoms with Gasteiger partial charge in [-0.05, 0) is 49.6 Å². The molecule has 3 rings (SSSR count). The maximum absolute atomic E-state index is 12.4. The Kier molecular flexibility index (Phi) is 5.81. The van der Waals surface area contributed by atoms with Crippen molar-refractivity contribution < 1.29 is 28.6 Å². The van der Waals surface area contributed by atoms with E-state index in [1.54, 1.807) is 0 Å². The molecule has 0 saturated carbocycles. The van der Waals surface area contributed by atoms with Crippen LogP contribution in [0, 0.1) is 0 Å². The monoisotopic (exact) mass is 373 g/mol. The van der Waals surface area contributed by atoms with Gasteiger partial charge in [-0.1, -0.05) is 12.1 Å². The molecule has 2 heterocycles. The molecule has 7 heteroatoms. The molecule has 1 aliphatic rings. The topological polar surface area (TPSA) is 98.0 Å². The molecule has 0 aliphatic carbocycles. The van der Waals surface area contributed by atoms with E-state index < -0.39 is 11.9 Å². The van der Waals surface area contributed by atoms with Crippen molar-refractivity contribution in [2.45, 2.75) is 25.2 Å². The normalized spacial score (nSPS) is 15.9. The zero-order chi connectivity index (χ0) is 19.3. The van der Waals surface area contributed by atoms with Gasteiger partial charge in [-0.2, -0.15) is 0 Å². The fourth-order valence-corrected chi connectivity index (χ4v) is 3.31. The molecule has 1 aromatic heterocycles. The fourth-order valence-electron chi connectivity index (χ4n) is 3.31. The van der Waals surface area contributed by atoms with E-state index in [2.05, 4.69) is 5.32 Å². The van der Waals surface area contributed by atoms with Crippen LogP contribution in [0.3, 0.4) is 0 Å². The number of carbonyl (C=O) groups is 2. The zero-order valence-corrected chi connectivity index (χ0v) is 15.2. The highest BCUT2D eigenvalue weighted by molar-refractivity contribution is 5.93. The van der Waals surface area contributed by atoms with Gasteiger partial charge in [0.2, 0.25) is 5.76 Å². The maximum atomic E-state index is 12.4. The second-order valence-corrected chi connectivity index (χ2v) is 6.50. The van der Waals surface area contributed by atoms with Gasteiger partial charge in [-0.25, -0.2) is 4.79 Å². The summed E-state index contributed by atoms with van der Waals surface area (Å²) < 4.78 is 16.1. The predicted octanol–water partition coefficient (Wildman–Crippen LogP) is 2.85. The number of ether oxygens (including phenoxy) is 2. The Labute approximate surface area is 157 Å². The third-order valence-electron chi connectivity index (χ3n) is 4.86. The summed E-state index contributed by atoms with van der Waals surface area (Å²) in [7, 11) is 0. The van der Waals surface area contributed by atoms with Crippen molar-refractivity contribution in [3.05, 3.63) is 53.5 Å². The molecule has 7 nitrogen and oxygen atoms in total. The van der Waals surface area contributed by atoms with Crippen LogP contribution in [0.1, 0.15) is 46.4 Å². The number of rotatable bonds is 7. The van der Waals surface area contributed by atoms with Crippen molar-refractivity contribution in [3.63, 3.8) is 0 Å². The Morgan fingerprint density at radius 3 is 2.37 bits per heavy atom. The van der Waals surface area contributed by atoms with Crippen LogP contribution < -0.4 is 10.1 Å². The van der Waals surface area contributed by atoms with E-state index in [0.29, 0.717) is 26.4 Å². The number of carboxylic acid groups (broad SMARTS) is 1. The Morgan fingerprint density at radius 2 is 1.78 bits per heavy atom. The molecule has 1 saturated heterocycles. The van der Waals surface area contributed by atoms with Crippen molar-refractivity contribution in [3.8, 4) is 5.75 Å². The molecule has 1 aromatic carbocycles. The molecule has 0 unspecified atom stereocenters. The minimum absolute atomic E-state index is 0.0127. The van der Waals surface area contributed by atoms with E-state index in [-0.39, 0.29) is 16.9 Å². The minimum atomic E-state index is -1.20. The zero-order valence-electron chi connectivity index (χ0n) is 15.2. The standard InChI is InChI=1S/C20H23NO6/c1-2-26-15-5-3-14(4-6-15)20(9-11-25-12-10-20)13-21-18(22)16-7-8-17(27-16)19(23)24/h3-8H,2,9-13H2,1H3,(H,21,22)(H,23,24). The average Bonchev–Trinajstić information content (AvgIpc) is 3.18. The van der Waals surface area contributed by atoms with Gasteiger partial charge < -0.3 is 24.3 Å². The quantitative estimate of drug-likeness (QED) is 0.774. The molecule has 27 heavy (non-hydrogen) atoms. The molecular formula is C20H23NO6. The van der Waals surface area contributed by atoms with Crippen molar-refractivity contribution >= 4 is 11.9 Å². The lowest BCUT2D eigenvalue weighted by Crippen LogP contribution is -2.44. The number of benzene rings is 1. The summed E-state index contributed by atoms with van der Waals surface area (Å²) in [4.78, 5) is 23.3. The summed E-state index contributed by atoms with van der Waals surface area (Å²) in [6.07, 6.45) is 1.56. The summed E-state index contributed by atoms with van der Waals surface area (Å²) in [6.45, 7) is 4.19. The Morgan fingerprint density at radius 1 is 1.11 bits per heavy atom. The molecule has 144 valence electrons. The Hall–Kier alpha value is -2.80. The number of carbonyl (C=O) groups excluding carboxylic acids is 1. The molecule has 0 radical (unpaired) electrons. The smallest absolute Gasteiger partial charge is 0.371 e. The fraction of sp³-hybridized carbons (Fsp3) is 0.400. The van der Waals surface area contributed by atoms with Gasteiger partial charge in [-0.3, -0.25) is 4.79 Å². The number of carboxylic acids is 1. The van der Waals surface area contributed by atoms with Gasteiger partial charge in [0.1, 0.15) is 5.75 Å². The first kappa shape index (κ1) is 19.0. The minimum Gasteiger partial charge on any atom is -0.494 e. The third kappa shape index (κ3) is 4.31. The number of nitrogens with one attached hydrogen (secondary N) is 1. The first-order valence-electron chi connectivity index (χ1n) is 8.96. The summed E-state index contributed by atoms with van der Waals surface area (Å²) in [5, 5.41) is 11.8. The summed E-state index contributed by atoms with van der Waals surface area (Å²) in [5.74, 6) is -1.10. The molecule has 2 aromatic rings. The third-order valence-corrected chi connectivity index (χ3v) is 4.86. The summed E-state index contributed by atoms with van der Waals surface area (Å²) >= 11 is 0. The lowest BCUT2D eigenvalue weighted by molar-refractivity contribution is 0.0483. The van der Waals surface area contributed by atoms with E-state index in [1.165, 1.54) is 12.1 Å². The van der Waals surface area contributed by atoms with Gasteiger partial charge in [-0.15, -0.1) is 0 Å². The van der Waals surface area contributed by atoms with Gasteiger partial charge >= 0.3 is 5.97 Å². The van der Waals surface area contributed by atoms with Crippen LogP contribution >= 0.6 is 0 Å². The van der Waals surface area contributed by atoms with Crippen molar-refractivity contribution in [2.75, 3.05) is 26.4 Å². The molecule has 1 aliphatic heterocycles. The van der Waals surface area contributed by atoms with E-state index in [1.807, 2.05) is 31.2 Å². The molecule has 0 bridgehead atoms. The van der Waals surface area contributed by atoms with E-state index >= 15 is 0 Å². The largest absolute Gasteiger partial charge is 0.494 e. The van der Waals surface area contributed by atoms with E-state index in [0.717, 1.165) is 24.2 Å². The number of aromatic carboxylic acids is 1. The molecule has 0 spiro atoms. The summed E-state index contributed by atoms with van der Waals surface area (Å²) in [6, 6.07) is 10.6. The predicted molar refractivity (Wildman–Crippen MR) is 97.3 cm³/mol. The van der Waals surface area contributed by atoms with Crippen LogP contribution in [0.5, 0.6) is 5.75 Å². The van der Waals surface area contributed by atoms with E-state index in [9.17, 15) is 9.59 Å². The van der Waals surface area contributed by atoms with Gasteiger partial charge in [0.15, 0.2) is 5.76 Å². The molecule has 0 atom stereocenters. The van der Waals surface area contributed by atoms with Crippen molar-refractivity contribution in [2.24, 2.45) is 0 Å². The second kappa shape index (κ2) is 8.26. The maximum Gasteiger partial charge on any atom is 0.371 e. The van der Waals surface area contributed by atoms with Gasteiger partial charge in [0.25, 0.3) is 5.91 Å². The Balaban J connectivity index is 1.74. The molecule has 2 N–H and O–H groups in total. The second-order valence-electron chi connectivity index (χ2n) is 6.50. The molecular weight excluding hydrogens is 350 g/mol. The van der Waals surface area contributed by atoms with Crippen LogP contribution in [0.2, 0.25) is 0 Å². The first-order valence-corrected chi connectivity index (χ1v) is 8.96. The van der Waals surface area contributed by atoms with Crippen LogP contribution in [-0.2, 0) is 10.2 Å². The number of furan rings is 1. The molecule has 1 fully saturated rings. The lowest BCUT2D eigenvalue weighted by atomic mass is 9.74. The Bertz CT molecular complexity index is 789. The highest BCUT2D eigenvalue weighted by Gasteiger charge is 2.35. The average molecular weight is 373 g/mol. The highest BCUT2D eigenvalue weighted by atomic mass is 16.5. The number of hydrogen-bond acceptors (Lipinski definition) is 5. The van der Waals surface area contributed by atoms with Gasteiger partial charge in [0, 0.05) is 25.2 Å². The first-order chi connectivity index (χ1) is 13.0. The summed E-state index contributed by atoms with van der Waals surface area (Å²) in [5.41, 5.74) is 0.862. The van der Waals surface area contributed by atoms with Crippen LogP contribution in [0.25, 0.3) is 0 Å². The van der Waals surface area contributed by atoms with Crippen LogP contribution in [0.4, 0.5) is 0 Å². The van der Waals surface area contributed by atoms with Crippen molar-refractivity contribution in [1.29, 1.82) is 0 Å². The molecule has 1 amide bonds. The number of amides is 1. The SMILES string of the molecule is CCOc1ccc(C2(CNC(=O)c3ccc(C(=O)O)o3)CCOCC2)cc1. The lowest BCUT2D eigenvalue weighted by Gasteiger charge is -2.38. The van der Waals surface area contributed by atoms with Gasteiger partial charge in [0.05, 0.1) is 6.61 Å².